The van der Waals surface area contributed by atoms with Crippen molar-refractivity contribution < 1.29 is 18.8 Å². The van der Waals surface area contributed by atoms with Gasteiger partial charge in [-0.25, -0.2) is 4.39 Å². The van der Waals surface area contributed by atoms with Crippen LogP contribution in [-0.4, -0.2) is 24.1 Å². The summed E-state index contributed by atoms with van der Waals surface area (Å²) in [5.74, 6) is -0.993. The monoisotopic (exact) mass is 470 g/mol. The quantitative estimate of drug-likeness (QED) is 0.467. The first-order valence-electron chi connectivity index (χ1n) is 10.2. The number of thiophene rings is 1. The molecule has 4 rings (SSSR count). The van der Waals surface area contributed by atoms with Gasteiger partial charge < -0.3 is 10.2 Å². The van der Waals surface area contributed by atoms with E-state index in [2.05, 4.69) is 5.32 Å². The normalized spacial score (nSPS) is 12.9. The van der Waals surface area contributed by atoms with Gasteiger partial charge in [0.15, 0.2) is 5.78 Å². The van der Waals surface area contributed by atoms with Gasteiger partial charge in [0.05, 0.1) is 9.21 Å². The van der Waals surface area contributed by atoms with Crippen LogP contribution in [0.15, 0.2) is 54.6 Å². The van der Waals surface area contributed by atoms with Crippen LogP contribution < -0.4 is 10.2 Å². The minimum absolute atomic E-state index is 0.0972. The zero-order valence-electron chi connectivity index (χ0n) is 17.1. The molecule has 0 saturated carbocycles. The first-order valence-corrected chi connectivity index (χ1v) is 11.4. The van der Waals surface area contributed by atoms with E-state index in [1.54, 1.807) is 29.2 Å². The van der Waals surface area contributed by atoms with Crippen LogP contribution in [0.2, 0.25) is 4.34 Å². The average Bonchev–Trinajstić information content (AvgIpc) is 3.24. The molecule has 0 radical (unpaired) electrons. The van der Waals surface area contributed by atoms with Gasteiger partial charge in [-0.05, 0) is 66.9 Å². The predicted octanol–water partition coefficient (Wildman–Crippen LogP) is 5.74. The number of fused-ring (bicyclic) bond motifs is 1. The molecule has 164 valence electrons. The summed E-state index contributed by atoms with van der Waals surface area (Å²) < 4.78 is 13.7. The van der Waals surface area contributed by atoms with Crippen molar-refractivity contribution in [3.8, 4) is 0 Å². The van der Waals surface area contributed by atoms with E-state index in [1.807, 2.05) is 6.07 Å². The maximum absolute atomic E-state index is 13.1. The van der Waals surface area contributed by atoms with E-state index in [1.165, 1.54) is 35.6 Å². The third-order valence-corrected chi connectivity index (χ3v) is 6.59. The molecule has 1 N–H and O–H groups in total. The van der Waals surface area contributed by atoms with Crippen molar-refractivity contribution in [3.63, 3.8) is 0 Å². The number of anilines is 2. The molecule has 8 heteroatoms. The van der Waals surface area contributed by atoms with Gasteiger partial charge >= 0.3 is 0 Å². The SMILES string of the molecule is O=C(Nc1cccc2c1CCCN2C(=O)CCC(=O)c1ccc(Cl)s1)c1ccc(F)cc1. The lowest BCUT2D eigenvalue weighted by atomic mass is 9.98. The molecule has 2 aromatic carbocycles. The molecule has 0 fully saturated rings. The van der Waals surface area contributed by atoms with E-state index < -0.39 is 5.82 Å². The van der Waals surface area contributed by atoms with E-state index >= 15 is 0 Å². The average molecular weight is 471 g/mol. The number of amides is 2. The highest BCUT2D eigenvalue weighted by Crippen LogP contribution is 2.34. The molecule has 0 aliphatic carbocycles. The van der Waals surface area contributed by atoms with Gasteiger partial charge in [-0.15, -0.1) is 11.3 Å². The van der Waals surface area contributed by atoms with E-state index in [4.69, 9.17) is 11.6 Å². The number of rotatable bonds is 6. The van der Waals surface area contributed by atoms with Crippen LogP contribution in [0, 0.1) is 5.82 Å². The topological polar surface area (TPSA) is 66.5 Å². The van der Waals surface area contributed by atoms with Crippen molar-refractivity contribution >= 4 is 51.9 Å². The van der Waals surface area contributed by atoms with Gasteiger partial charge in [-0.3, -0.25) is 14.4 Å². The molecule has 0 unspecified atom stereocenters. The molecule has 1 aromatic heterocycles. The molecule has 1 aliphatic heterocycles. The highest BCUT2D eigenvalue weighted by Gasteiger charge is 2.25. The fourth-order valence-electron chi connectivity index (χ4n) is 3.74. The van der Waals surface area contributed by atoms with Gasteiger partial charge in [0, 0.05) is 36.3 Å². The molecular weight excluding hydrogens is 451 g/mol. The summed E-state index contributed by atoms with van der Waals surface area (Å²) >= 11 is 7.09. The standard InChI is InChI=1S/C24H20ClFN2O3S/c25-22-12-11-21(32-22)20(29)10-13-23(30)28-14-2-3-17-18(4-1-5-19(17)28)27-24(31)15-6-8-16(26)9-7-15/h1,4-9,11-12H,2-3,10,13-14H2,(H,27,31). The first kappa shape index (κ1) is 22.2. The van der Waals surface area contributed by atoms with Crippen LogP contribution in [0.4, 0.5) is 15.8 Å². The minimum atomic E-state index is -0.409. The molecule has 1 aliphatic rings. The van der Waals surface area contributed by atoms with Gasteiger partial charge in [-0.2, -0.15) is 0 Å². The molecule has 0 bridgehead atoms. The van der Waals surface area contributed by atoms with Crippen molar-refractivity contribution in [2.75, 3.05) is 16.8 Å². The molecule has 0 saturated heterocycles. The molecule has 32 heavy (non-hydrogen) atoms. The summed E-state index contributed by atoms with van der Waals surface area (Å²) in [7, 11) is 0. The lowest BCUT2D eigenvalue weighted by Crippen LogP contribution is -2.36. The largest absolute Gasteiger partial charge is 0.322 e. The summed E-state index contributed by atoms with van der Waals surface area (Å²) in [6.07, 6.45) is 1.67. The van der Waals surface area contributed by atoms with Gasteiger partial charge in [0.2, 0.25) is 5.91 Å². The third kappa shape index (κ3) is 4.89. The molecule has 0 atom stereocenters. The number of benzene rings is 2. The second-order valence-corrected chi connectivity index (χ2v) is 9.16. The molecule has 2 amide bonds. The Morgan fingerprint density at radius 2 is 1.81 bits per heavy atom. The summed E-state index contributed by atoms with van der Waals surface area (Å²) in [6.45, 7) is 0.556. The van der Waals surface area contributed by atoms with Crippen LogP contribution >= 0.6 is 22.9 Å². The maximum Gasteiger partial charge on any atom is 0.255 e. The Balaban J connectivity index is 1.47. The van der Waals surface area contributed by atoms with Crippen LogP contribution in [0.25, 0.3) is 0 Å². The summed E-state index contributed by atoms with van der Waals surface area (Å²) in [5.41, 5.74) is 2.59. The highest BCUT2D eigenvalue weighted by atomic mass is 35.5. The summed E-state index contributed by atoms with van der Waals surface area (Å²) in [4.78, 5) is 40.1. The Morgan fingerprint density at radius 1 is 1.03 bits per heavy atom. The predicted molar refractivity (Wildman–Crippen MR) is 124 cm³/mol. The summed E-state index contributed by atoms with van der Waals surface area (Å²) in [6, 6.07) is 14.1. The lowest BCUT2D eigenvalue weighted by Gasteiger charge is -2.31. The van der Waals surface area contributed by atoms with E-state index in [-0.39, 0.29) is 30.4 Å². The van der Waals surface area contributed by atoms with Crippen LogP contribution in [0.3, 0.4) is 0 Å². The number of nitrogens with zero attached hydrogens (tertiary/aromatic N) is 1. The van der Waals surface area contributed by atoms with Crippen molar-refractivity contribution in [1.82, 2.24) is 0 Å². The molecular formula is C24H20ClFN2O3S. The van der Waals surface area contributed by atoms with Crippen molar-refractivity contribution in [3.05, 3.63) is 80.8 Å². The number of hydrogen-bond donors (Lipinski definition) is 1. The molecule has 2 heterocycles. The fourth-order valence-corrected chi connectivity index (χ4v) is 4.75. The fraction of sp³-hybridized carbons (Fsp3) is 0.208. The van der Waals surface area contributed by atoms with E-state index in [0.717, 1.165) is 17.7 Å². The molecule has 0 spiro atoms. The second kappa shape index (κ2) is 9.63. The van der Waals surface area contributed by atoms with Gasteiger partial charge in [-0.1, -0.05) is 17.7 Å². The zero-order valence-corrected chi connectivity index (χ0v) is 18.6. The van der Waals surface area contributed by atoms with Crippen molar-refractivity contribution in [2.45, 2.75) is 25.7 Å². The zero-order chi connectivity index (χ0) is 22.7. The number of nitrogens with one attached hydrogen (secondary N) is 1. The Bertz CT molecular complexity index is 1180. The maximum atomic E-state index is 13.1. The van der Waals surface area contributed by atoms with Crippen molar-refractivity contribution in [1.29, 1.82) is 0 Å². The van der Waals surface area contributed by atoms with Gasteiger partial charge in [0.1, 0.15) is 5.82 Å². The minimum Gasteiger partial charge on any atom is -0.322 e. The first-order chi connectivity index (χ1) is 15.4. The smallest absolute Gasteiger partial charge is 0.255 e. The number of ketones is 1. The van der Waals surface area contributed by atoms with Crippen molar-refractivity contribution in [2.24, 2.45) is 0 Å². The number of carbonyl (C=O) groups excluding carboxylic acids is 3. The van der Waals surface area contributed by atoms with Crippen LogP contribution in [0.1, 0.15) is 44.9 Å². The van der Waals surface area contributed by atoms with E-state index in [9.17, 15) is 18.8 Å². The molecule has 5 nitrogen and oxygen atoms in total. The number of Topliss-reactive ketones (excluding diaryl/α,β-unsaturated/α-hetero) is 1. The Hall–Kier alpha value is -3.03. The Morgan fingerprint density at radius 3 is 2.53 bits per heavy atom. The number of carbonyl (C=O) groups is 3. The number of hydrogen-bond acceptors (Lipinski definition) is 4. The van der Waals surface area contributed by atoms with E-state index in [0.29, 0.717) is 33.4 Å². The Kier molecular flexibility index (Phi) is 6.67. The van der Waals surface area contributed by atoms with Crippen LogP contribution in [-0.2, 0) is 11.2 Å². The second-order valence-electron chi connectivity index (χ2n) is 7.44. The molecule has 3 aromatic rings. The highest BCUT2D eigenvalue weighted by molar-refractivity contribution is 7.18. The third-order valence-electron chi connectivity index (χ3n) is 5.32. The number of halogens is 2. The lowest BCUT2D eigenvalue weighted by molar-refractivity contribution is -0.118. The van der Waals surface area contributed by atoms with Crippen LogP contribution in [0.5, 0.6) is 0 Å². The Labute approximate surface area is 193 Å². The summed E-state index contributed by atoms with van der Waals surface area (Å²) in [5, 5.41) is 2.87. The van der Waals surface area contributed by atoms with Gasteiger partial charge in [0.25, 0.3) is 5.91 Å².